The summed E-state index contributed by atoms with van der Waals surface area (Å²) < 4.78 is 25.8. The molecular weight excluding hydrogens is 805 g/mol. The van der Waals surface area contributed by atoms with E-state index in [9.17, 15) is 15.3 Å². The largest absolute Gasteiger partial charge is 0.396 e. The predicted octanol–water partition coefficient (Wildman–Crippen LogP) is 13.6. The van der Waals surface area contributed by atoms with E-state index in [-0.39, 0.29) is 150 Å². The van der Waals surface area contributed by atoms with Crippen molar-refractivity contribution >= 4 is 0 Å². The van der Waals surface area contributed by atoms with Gasteiger partial charge in [0.2, 0.25) is 0 Å². The van der Waals surface area contributed by atoms with Crippen molar-refractivity contribution in [1.82, 2.24) is 0 Å². The normalized spacial score (nSPS) is 17.5. The minimum Gasteiger partial charge on any atom is -0.396 e. The molecule has 1 aliphatic heterocycles. The van der Waals surface area contributed by atoms with E-state index in [0.717, 1.165) is 19.3 Å². The molecule has 1 saturated heterocycles. The SMILES string of the molecule is C.C.C.C.C.C.C.C.C.C.C.C.C.C.C.CCCCC.CCCCC(C)(O)COCC.CCOC1OC(C)C(O)C(O)C1C.CCOCC(C)(CO)CO.CCOCC(C)(O)CO. The van der Waals surface area contributed by atoms with Crippen LogP contribution in [0.5, 0.6) is 0 Å². The maximum Gasteiger partial charge on any atom is 0.163 e. The highest BCUT2D eigenvalue weighted by Crippen LogP contribution is 2.26. The first-order chi connectivity index (χ1) is 22.4. The van der Waals surface area contributed by atoms with E-state index < -0.39 is 35.1 Å². The lowest BCUT2D eigenvalue weighted by Crippen LogP contribution is -2.53. The molecule has 63 heavy (non-hydrogen) atoms. The number of aliphatic hydroxyl groups excluding tert-OH is 5. The van der Waals surface area contributed by atoms with Crippen molar-refractivity contribution in [2.45, 2.75) is 269 Å². The number of hydrogen-bond acceptors (Lipinski definition) is 12. The zero-order valence-corrected chi connectivity index (χ0v) is 32.9. The van der Waals surface area contributed by atoms with Gasteiger partial charge in [-0.1, -0.05) is 178 Å². The molecule has 0 aromatic carbocycles. The van der Waals surface area contributed by atoms with Gasteiger partial charge in [-0.3, -0.25) is 0 Å². The minimum absolute atomic E-state index is 0. The standard InChI is InChI=1S/C9H18O4.C9H20O2.C7H16O3.C6H14O3.C5H12.15CH4/c1-4-12-9-5(2)7(10)8(11)6(3)13-9;1-4-6-7-9(3,10)8-11-5-2;1-3-10-6-7(2,4-8)5-9;1-3-9-5-6(2,8)4-7;1-3-5-4-2;;;;;;;;;;;;;;;/h5-11H,4H2,1-3H3;10H,4-8H2,1-3H3;8-9H,3-6H2,1-2H3;7-8H,3-5H2,1-2H3;3-5H2,1-2H3;15*1H4. The zero-order valence-electron chi connectivity index (χ0n) is 32.9. The van der Waals surface area contributed by atoms with Crippen LogP contribution in [0.25, 0.3) is 0 Å². The third-order valence-electron chi connectivity index (χ3n) is 7.25. The number of unbranched alkanes of at least 4 members (excludes halogenated alkanes) is 3. The third kappa shape index (κ3) is 76.1. The highest BCUT2D eigenvalue weighted by Gasteiger charge is 2.40. The molecule has 0 aromatic heterocycles. The predicted molar refractivity (Wildman–Crippen MR) is 293 cm³/mol. The summed E-state index contributed by atoms with van der Waals surface area (Å²) >= 11 is 0. The molecule has 1 aliphatic rings. The Bertz CT molecular complexity index is 640. The quantitative estimate of drug-likeness (QED) is 0.0650. The Morgan fingerprint density at radius 1 is 0.460 bits per heavy atom. The first-order valence-corrected chi connectivity index (χ1v) is 18.1. The maximum absolute atomic E-state index is 9.65. The van der Waals surface area contributed by atoms with Crippen molar-refractivity contribution in [2.24, 2.45) is 11.3 Å². The van der Waals surface area contributed by atoms with Gasteiger partial charge in [0.25, 0.3) is 0 Å². The molecule has 7 atom stereocenters. The Labute approximate surface area is 404 Å². The fraction of sp³-hybridized carbons (Fsp3) is 1.00. The highest BCUT2D eigenvalue weighted by molar-refractivity contribution is 4.84. The summed E-state index contributed by atoms with van der Waals surface area (Å²) in [4.78, 5) is 0. The topological polar surface area (TPSA) is 188 Å². The molecule has 416 valence electrons. The molecule has 12 heteroatoms. The lowest BCUT2D eigenvalue weighted by Gasteiger charge is -2.39. The van der Waals surface area contributed by atoms with E-state index in [2.05, 4.69) is 20.8 Å². The van der Waals surface area contributed by atoms with Gasteiger partial charge in [0, 0.05) is 37.8 Å². The van der Waals surface area contributed by atoms with Crippen molar-refractivity contribution in [2.75, 3.05) is 66.1 Å². The van der Waals surface area contributed by atoms with Gasteiger partial charge < -0.3 is 59.4 Å². The summed E-state index contributed by atoms with van der Waals surface area (Å²) in [5.41, 5.74) is -2.17. The number of aliphatic hydroxyl groups is 7. The first kappa shape index (κ1) is 125. The summed E-state index contributed by atoms with van der Waals surface area (Å²) in [6.45, 7) is 25.9. The summed E-state index contributed by atoms with van der Waals surface area (Å²) in [5.74, 6) is -0.189. The van der Waals surface area contributed by atoms with Crippen LogP contribution in [0.15, 0.2) is 0 Å². The van der Waals surface area contributed by atoms with E-state index in [1.807, 2.05) is 34.6 Å². The Balaban J connectivity index is -0.0000000217. The molecule has 7 unspecified atom stereocenters. The van der Waals surface area contributed by atoms with Gasteiger partial charge in [0.1, 0.15) is 11.7 Å². The Morgan fingerprint density at radius 2 is 0.794 bits per heavy atom. The lowest BCUT2D eigenvalue weighted by atomic mass is 9.93. The van der Waals surface area contributed by atoms with Crippen LogP contribution in [-0.4, -0.2) is 138 Å². The van der Waals surface area contributed by atoms with E-state index in [1.165, 1.54) is 26.2 Å². The fourth-order valence-electron chi connectivity index (χ4n) is 3.68. The van der Waals surface area contributed by atoms with Crippen LogP contribution in [0.4, 0.5) is 0 Å². The second kappa shape index (κ2) is 78.7. The van der Waals surface area contributed by atoms with Gasteiger partial charge in [-0.15, -0.1) is 0 Å². The number of hydrogen-bond donors (Lipinski definition) is 7. The van der Waals surface area contributed by atoms with E-state index >= 15 is 0 Å². The average Bonchev–Trinajstić information content (AvgIpc) is 3.07. The monoisotopic (exact) mass is 945 g/mol. The molecule has 0 amide bonds. The molecule has 0 bridgehead atoms. The van der Waals surface area contributed by atoms with Gasteiger partial charge >= 0.3 is 0 Å². The van der Waals surface area contributed by atoms with Gasteiger partial charge in [-0.05, 0) is 54.9 Å². The second-order valence-corrected chi connectivity index (χ2v) is 13.2. The van der Waals surface area contributed by atoms with Crippen LogP contribution in [-0.2, 0) is 23.7 Å². The zero-order chi connectivity index (χ0) is 38.2. The molecule has 12 nitrogen and oxygen atoms in total. The Hall–Kier alpha value is -0.480. The molecular formula is C51H140O12. The Kier molecular flexibility index (Phi) is 156. The highest BCUT2D eigenvalue weighted by atomic mass is 16.7. The van der Waals surface area contributed by atoms with E-state index in [4.69, 9.17) is 44.1 Å². The summed E-state index contributed by atoms with van der Waals surface area (Å²) in [5, 5.41) is 63.8. The summed E-state index contributed by atoms with van der Waals surface area (Å²) in [6, 6.07) is 0. The average molecular weight is 946 g/mol. The summed E-state index contributed by atoms with van der Waals surface area (Å²) in [7, 11) is 0. The molecule has 0 aliphatic carbocycles. The van der Waals surface area contributed by atoms with Crippen molar-refractivity contribution < 1.29 is 59.4 Å². The van der Waals surface area contributed by atoms with Crippen LogP contribution >= 0.6 is 0 Å². The van der Waals surface area contributed by atoms with Crippen LogP contribution in [0.3, 0.4) is 0 Å². The molecule has 1 rings (SSSR count). The molecule has 0 aromatic rings. The van der Waals surface area contributed by atoms with Crippen LogP contribution in [0.1, 0.15) is 233 Å². The molecule has 0 radical (unpaired) electrons. The minimum atomic E-state index is -1.07. The molecule has 1 fully saturated rings. The van der Waals surface area contributed by atoms with Crippen LogP contribution in [0, 0.1) is 11.3 Å². The van der Waals surface area contributed by atoms with Gasteiger partial charge in [-0.25, -0.2) is 0 Å². The van der Waals surface area contributed by atoms with Crippen molar-refractivity contribution in [3.05, 3.63) is 0 Å². The van der Waals surface area contributed by atoms with Crippen molar-refractivity contribution in [1.29, 1.82) is 0 Å². The number of ether oxygens (including phenoxy) is 5. The smallest absolute Gasteiger partial charge is 0.163 e. The lowest BCUT2D eigenvalue weighted by molar-refractivity contribution is -0.271. The van der Waals surface area contributed by atoms with E-state index in [0.29, 0.717) is 39.6 Å². The second-order valence-electron chi connectivity index (χ2n) is 13.2. The van der Waals surface area contributed by atoms with Crippen molar-refractivity contribution in [3.63, 3.8) is 0 Å². The van der Waals surface area contributed by atoms with Crippen LogP contribution in [0.2, 0.25) is 0 Å². The van der Waals surface area contributed by atoms with Gasteiger partial charge in [0.15, 0.2) is 6.29 Å². The third-order valence-corrected chi connectivity index (χ3v) is 7.25. The molecule has 7 N–H and O–H groups in total. The Morgan fingerprint density at radius 3 is 1.06 bits per heavy atom. The molecule has 1 heterocycles. The van der Waals surface area contributed by atoms with Gasteiger partial charge in [-0.2, -0.15) is 0 Å². The van der Waals surface area contributed by atoms with Gasteiger partial charge in [0.05, 0.1) is 57.5 Å². The first-order valence-electron chi connectivity index (χ1n) is 18.1. The summed E-state index contributed by atoms with van der Waals surface area (Å²) in [6.07, 6.45) is 4.76. The molecule has 0 spiro atoms. The van der Waals surface area contributed by atoms with E-state index in [1.54, 1.807) is 20.8 Å². The maximum atomic E-state index is 9.65. The molecule has 0 saturated carbocycles. The van der Waals surface area contributed by atoms with Crippen molar-refractivity contribution in [3.8, 4) is 0 Å². The fourth-order valence-corrected chi connectivity index (χ4v) is 3.68. The number of rotatable bonds is 19. The van der Waals surface area contributed by atoms with Crippen LogP contribution < -0.4 is 0 Å².